The highest BCUT2D eigenvalue weighted by Gasteiger charge is 2.34. The van der Waals surface area contributed by atoms with Crippen molar-refractivity contribution in [2.45, 2.75) is 24.9 Å². The van der Waals surface area contributed by atoms with Gasteiger partial charge in [-0.1, -0.05) is 37.7 Å². The van der Waals surface area contributed by atoms with Crippen molar-refractivity contribution in [2.75, 3.05) is 12.3 Å². The number of amides is 2. The molecule has 3 rings (SSSR count). The lowest BCUT2D eigenvalue weighted by Crippen LogP contribution is -2.31. The molecule has 2 aromatic rings. The van der Waals surface area contributed by atoms with Crippen molar-refractivity contribution in [3.8, 4) is 5.88 Å². The normalized spacial score (nSPS) is 13.6. The average Bonchev–Trinajstić information content (AvgIpc) is 2.79. The maximum Gasteiger partial charge on any atom is 0.261 e. The number of benzene rings is 1. The summed E-state index contributed by atoms with van der Waals surface area (Å²) in [6.07, 6.45) is 0. The molecule has 0 saturated heterocycles. The third kappa shape index (κ3) is 3.17. The lowest BCUT2D eigenvalue weighted by molar-refractivity contribution is 0.0664. The SMILES string of the molecule is CC(C)c1c(O)nc(SCCN2C(=O)c3ccccc3C2=O)[nH]c1=O. The zero-order valence-electron chi connectivity index (χ0n) is 13.8. The van der Waals surface area contributed by atoms with Gasteiger partial charge in [-0.15, -0.1) is 0 Å². The first-order valence-electron chi connectivity index (χ1n) is 7.81. The number of imide groups is 1. The second-order valence-corrected chi connectivity index (χ2v) is 7.00. The van der Waals surface area contributed by atoms with Gasteiger partial charge in [-0.05, 0) is 18.1 Å². The molecule has 0 spiro atoms. The van der Waals surface area contributed by atoms with E-state index in [9.17, 15) is 19.5 Å². The van der Waals surface area contributed by atoms with Gasteiger partial charge in [0.1, 0.15) is 0 Å². The minimum Gasteiger partial charge on any atom is -0.493 e. The number of H-pyrrole nitrogens is 1. The lowest BCUT2D eigenvalue weighted by atomic mass is 10.1. The number of aromatic hydroxyl groups is 1. The minimum absolute atomic E-state index is 0.145. The van der Waals surface area contributed by atoms with E-state index in [1.807, 2.05) is 0 Å². The van der Waals surface area contributed by atoms with Crippen LogP contribution in [0.4, 0.5) is 0 Å². The highest BCUT2D eigenvalue weighted by Crippen LogP contribution is 2.24. The molecule has 1 aromatic carbocycles. The Morgan fingerprint density at radius 3 is 2.28 bits per heavy atom. The number of nitrogens with one attached hydrogen (secondary N) is 1. The molecule has 0 atom stereocenters. The van der Waals surface area contributed by atoms with Crippen LogP contribution in [0.5, 0.6) is 5.88 Å². The van der Waals surface area contributed by atoms with Crippen LogP contribution in [0, 0.1) is 0 Å². The number of hydrogen-bond donors (Lipinski definition) is 2. The van der Waals surface area contributed by atoms with Crippen molar-refractivity contribution in [1.82, 2.24) is 14.9 Å². The number of rotatable bonds is 5. The Bertz CT molecular complexity index is 872. The maximum absolute atomic E-state index is 12.3. The van der Waals surface area contributed by atoms with E-state index in [1.54, 1.807) is 38.1 Å². The summed E-state index contributed by atoms with van der Waals surface area (Å²) >= 11 is 1.17. The average molecular weight is 359 g/mol. The number of carbonyl (C=O) groups excluding carboxylic acids is 2. The second kappa shape index (κ2) is 6.72. The Labute approximate surface area is 148 Å². The molecule has 8 heteroatoms. The summed E-state index contributed by atoms with van der Waals surface area (Å²) in [5.41, 5.74) is 0.668. The van der Waals surface area contributed by atoms with Gasteiger partial charge in [0.15, 0.2) is 5.16 Å². The Morgan fingerprint density at radius 1 is 1.16 bits per heavy atom. The molecule has 25 heavy (non-hydrogen) atoms. The molecule has 1 aliphatic rings. The number of carbonyl (C=O) groups is 2. The minimum atomic E-state index is -0.384. The summed E-state index contributed by atoms with van der Waals surface area (Å²) in [5, 5.41) is 10.1. The first-order valence-corrected chi connectivity index (χ1v) is 8.80. The van der Waals surface area contributed by atoms with Crippen LogP contribution in [-0.2, 0) is 0 Å². The molecule has 0 radical (unpaired) electrons. The first kappa shape index (κ1) is 17.2. The molecule has 1 aliphatic heterocycles. The Kier molecular flexibility index (Phi) is 4.63. The predicted octanol–water partition coefficient (Wildman–Crippen LogP) is 1.99. The highest BCUT2D eigenvalue weighted by atomic mass is 32.2. The summed E-state index contributed by atoms with van der Waals surface area (Å²) < 4.78 is 0. The molecule has 2 heterocycles. The number of thioether (sulfide) groups is 1. The van der Waals surface area contributed by atoms with E-state index in [-0.39, 0.29) is 46.4 Å². The molecule has 2 N–H and O–H groups in total. The van der Waals surface area contributed by atoms with Crippen molar-refractivity contribution >= 4 is 23.6 Å². The van der Waals surface area contributed by atoms with Crippen LogP contribution >= 0.6 is 11.8 Å². The molecule has 0 saturated carbocycles. The van der Waals surface area contributed by atoms with Gasteiger partial charge in [0.2, 0.25) is 5.88 Å². The lowest BCUT2D eigenvalue weighted by Gasteiger charge is -2.13. The maximum atomic E-state index is 12.3. The third-order valence-electron chi connectivity index (χ3n) is 3.92. The fraction of sp³-hybridized carbons (Fsp3) is 0.294. The molecular formula is C17H17N3O4S. The van der Waals surface area contributed by atoms with Gasteiger partial charge in [0.25, 0.3) is 17.4 Å². The monoisotopic (exact) mass is 359 g/mol. The van der Waals surface area contributed by atoms with Crippen molar-refractivity contribution in [1.29, 1.82) is 0 Å². The molecule has 7 nitrogen and oxygen atoms in total. The zero-order chi connectivity index (χ0) is 18.1. The van der Waals surface area contributed by atoms with Crippen LogP contribution in [0.1, 0.15) is 46.0 Å². The Balaban J connectivity index is 1.68. The Morgan fingerprint density at radius 2 is 1.76 bits per heavy atom. The summed E-state index contributed by atoms with van der Waals surface area (Å²) in [5.74, 6) is -0.716. The fourth-order valence-corrected chi connectivity index (χ4v) is 3.50. The number of hydrogen-bond acceptors (Lipinski definition) is 6. The zero-order valence-corrected chi connectivity index (χ0v) is 14.6. The van der Waals surface area contributed by atoms with Crippen LogP contribution < -0.4 is 5.56 Å². The Hall–Kier alpha value is -2.61. The standard InChI is InChI=1S/C17H17N3O4S/c1-9(2)12-13(21)18-17(19-14(12)22)25-8-7-20-15(23)10-5-3-4-6-11(10)16(20)24/h3-6,9H,7-8H2,1-2H3,(H2,18,19,21,22). The van der Waals surface area contributed by atoms with Crippen LogP contribution in [0.3, 0.4) is 0 Å². The second-order valence-electron chi connectivity index (χ2n) is 5.92. The smallest absolute Gasteiger partial charge is 0.261 e. The van der Waals surface area contributed by atoms with Crippen molar-refractivity contribution in [3.63, 3.8) is 0 Å². The van der Waals surface area contributed by atoms with E-state index in [4.69, 9.17) is 0 Å². The quantitative estimate of drug-likeness (QED) is 0.481. The molecule has 0 aliphatic carbocycles. The number of aromatic nitrogens is 2. The molecule has 2 amide bonds. The van der Waals surface area contributed by atoms with Gasteiger partial charge < -0.3 is 10.1 Å². The summed E-state index contributed by atoms with van der Waals surface area (Å²) in [7, 11) is 0. The van der Waals surface area contributed by atoms with E-state index in [2.05, 4.69) is 9.97 Å². The third-order valence-corrected chi connectivity index (χ3v) is 4.78. The van der Waals surface area contributed by atoms with Crippen LogP contribution in [0.15, 0.2) is 34.2 Å². The fourth-order valence-electron chi connectivity index (χ4n) is 2.71. The van der Waals surface area contributed by atoms with Crippen molar-refractivity contribution in [2.24, 2.45) is 0 Å². The predicted molar refractivity (Wildman–Crippen MR) is 93.1 cm³/mol. The summed E-state index contributed by atoms with van der Waals surface area (Å²) in [4.78, 5) is 44.3. The molecule has 0 bridgehead atoms. The highest BCUT2D eigenvalue weighted by molar-refractivity contribution is 7.99. The summed E-state index contributed by atoms with van der Waals surface area (Å²) in [6.45, 7) is 3.77. The van der Waals surface area contributed by atoms with E-state index < -0.39 is 0 Å². The van der Waals surface area contributed by atoms with Crippen LogP contribution in [0.2, 0.25) is 0 Å². The van der Waals surface area contributed by atoms with Gasteiger partial charge in [0, 0.05) is 12.3 Å². The number of fused-ring (bicyclic) bond motifs is 1. The molecule has 0 fully saturated rings. The topological polar surface area (TPSA) is 103 Å². The van der Waals surface area contributed by atoms with Crippen LogP contribution in [-0.4, -0.2) is 44.1 Å². The number of aromatic amines is 1. The molecule has 0 unspecified atom stereocenters. The molecular weight excluding hydrogens is 342 g/mol. The van der Waals surface area contributed by atoms with Crippen molar-refractivity contribution in [3.05, 3.63) is 51.3 Å². The first-order chi connectivity index (χ1) is 11.9. The summed E-state index contributed by atoms with van der Waals surface area (Å²) in [6, 6.07) is 6.70. The van der Waals surface area contributed by atoms with E-state index in [0.717, 1.165) is 0 Å². The van der Waals surface area contributed by atoms with Gasteiger partial charge in [-0.3, -0.25) is 19.3 Å². The van der Waals surface area contributed by atoms with E-state index >= 15 is 0 Å². The molecule has 1 aromatic heterocycles. The van der Waals surface area contributed by atoms with Crippen LogP contribution in [0.25, 0.3) is 0 Å². The largest absolute Gasteiger partial charge is 0.493 e. The van der Waals surface area contributed by atoms with Crippen molar-refractivity contribution < 1.29 is 14.7 Å². The van der Waals surface area contributed by atoms with Gasteiger partial charge in [-0.25, -0.2) is 0 Å². The number of nitrogens with zero attached hydrogens (tertiary/aromatic N) is 2. The van der Waals surface area contributed by atoms with E-state index in [0.29, 0.717) is 16.9 Å². The molecule has 130 valence electrons. The van der Waals surface area contributed by atoms with E-state index in [1.165, 1.54) is 16.7 Å². The van der Waals surface area contributed by atoms with Gasteiger partial charge in [-0.2, -0.15) is 4.98 Å². The van der Waals surface area contributed by atoms with Gasteiger partial charge in [0.05, 0.1) is 16.7 Å². The van der Waals surface area contributed by atoms with Gasteiger partial charge >= 0.3 is 0 Å².